The van der Waals surface area contributed by atoms with Gasteiger partial charge in [-0.25, -0.2) is 4.98 Å². The molecule has 1 unspecified atom stereocenters. The Morgan fingerprint density at radius 3 is 2.55 bits per heavy atom. The number of aromatic nitrogens is 1. The minimum absolute atomic E-state index is 0.0952. The summed E-state index contributed by atoms with van der Waals surface area (Å²) in [6.07, 6.45) is -0.0952. The number of carboxylic acids is 1. The molecule has 20 heavy (non-hydrogen) atoms. The van der Waals surface area contributed by atoms with Crippen LogP contribution in [0.4, 0.5) is 17.3 Å². The van der Waals surface area contributed by atoms with Crippen molar-refractivity contribution in [2.75, 3.05) is 11.1 Å². The molecule has 0 amide bonds. The van der Waals surface area contributed by atoms with E-state index in [9.17, 15) is 14.9 Å². The highest BCUT2D eigenvalue weighted by Gasteiger charge is 2.27. The third-order valence-corrected chi connectivity index (χ3v) is 2.85. The molecule has 0 aliphatic carbocycles. The summed E-state index contributed by atoms with van der Waals surface area (Å²) in [6.45, 7) is 5.67. The highest BCUT2D eigenvalue weighted by atomic mass is 16.6. The second-order valence-corrected chi connectivity index (χ2v) is 5.52. The molecule has 4 N–H and O–H groups in total. The number of hydrogen-bond acceptors (Lipinski definition) is 6. The number of carboxylic acid groups (broad SMARTS) is 1. The molecule has 1 atom stereocenters. The number of nitrogen functional groups attached to an aromatic ring is 1. The number of nitrogens with zero attached hydrogens (tertiary/aromatic N) is 2. The van der Waals surface area contributed by atoms with Gasteiger partial charge >= 0.3 is 11.7 Å². The molecule has 1 aromatic rings. The van der Waals surface area contributed by atoms with Gasteiger partial charge in [-0.3, -0.25) is 14.9 Å². The van der Waals surface area contributed by atoms with E-state index in [1.54, 1.807) is 0 Å². The third kappa shape index (κ3) is 4.08. The Labute approximate surface area is 116 Å². The lowest BCUT2D eigenvalue weighted by Crippen LogP contribution is -2.36. The molecule has 0 fully saturated rings. The summed E-state index contributed by atoms with van der Waals surface area (Å²) < 4.78 is 0. The number of nitrogens with one attached hydrogen (secondary N) is 1. The smallest absolute Gasteiger partial charge is 0.311 e. The number of aliphatic carboxylic acids is 1. The van der Waals surface area contributed by atoms with Crippen LogP contribution in [0.2, 0.25) is 0 Å². The molecule has 0 aromatic carbocycles. The van der Waals surface area contributed by atoms with E-state index in [4.69, 9.17) is 10.8 Å². The van der Waals surface area contributed by atoms with Crippen molar-refractivity contribution in [2.45, 2.75) is 33.2 Å². The Kier molecular flexibility index (Phi) is 4.49. The van der Waals surface area contributed by atoms with Gasteiger partial charge in [0, 0.05) is 12.1 Å². The molecular weight excluding hydrogens is 264 g/mol. The summed E-state index contributed by atoms with van der Waals surface area (Å²) in [5.74, 6) is -0.829. The van der Waals surface area contributed by atoms with E-state index in [1.165, 1.54) is 12.1 Å². The standard InChI is InChI=1S/C12H18N4O4/c1-12(2,3)8(6-10(17)18)14-9-5-4-7(16(19)20)11(13)15-9/h4-5,8H,6H2,1-3H3,(H,17,18)(H3,13,14,15). The van der Waals surface area contributed by atoms with Crippen molar-refractivity contribution in [1.82, 2.24) is 4.98 Å². The molecule has 0 aliphatic heterocycles. The maximum Gasteiger partial charge on any atom is 0.311 e. The molecule has 0 saturated heterocycles. The van der Waals surface area contributed by atoms with Gasteiger partial charge in [0.1, 0.15) is 5.82 Å². The van der Waals surface area contributed by atoms with Crippen LogP contribution in [0.1, 0.15) is 27.2 Å². The molecular formula is C12H18N4O4. The van der Waals surface area contributed by atoms with E-state index >= 15 is 0 Å². The lowest BCUT2D eigenvalue weighted by Gasteiger charge is -2.30. The van der Waals surface area contributed by atoms with Gasteiger partial charge in [0.25, 0.3) is 0 Å². The van der Waals surface area contributed by atoms with Crippen LogP contribution in [-0.2, 0) is 4.79 Å². The lowest BCUT2D eigenvalue weighted by atomic mass is 9.85. The van der Waals surface area contributed by atoms with Crippen LogP contribution in [0.25, 0.3) is 0 Å². The zero-order chi connectivity index (χ0) is 15.5. The van der Waals surface area contributed by atoms with Crippen molar-refractivity contribution in [2.24, 2.45) is 5.41 Å². The molecule has 0 bridgehead atoms. The summed E-state index contributed by atoms with van der Waals surface area (Å²) in [6, 6.07) is 2.27. The van der Waals surface area contributed by atoms with Gasteiger partial charge in [0.15, 0.2) is 0 Å². The molecule has 0 radical (unpaired) electrons. The average Bonchev–Trinajstić information content (AvgIpc) is 2.25. The first-order valence-corrected chi connectivity index (χ1v) is 6.00. The fraction of sp³-hybridized carbons (Fsp3) is 0.500. The van der Waals surface area contributed by atoms with E-state index in [2.05, 4.69) is 10.3 Å². The zero-order valence-electron chi connectivity index (χ0n) is 11.6. The van der Waals surface area contributed by atoms with Crippen molar-refractivity contribution in [3.8, 4) is 0 Å². The van der Waals surface area contributed by atoms with E-state index in [0.29, 0.717) is 5.82 Å². The maximum atomic E-state index is 10.9. The normalized spacial score (nSPS) is 12.8. The number of anilines is 2. The van der Waals surface area contributed by atoms with E-state index in [-0.39, 0.29) is 29.4 Å². The summed E-state index contributed by atoms with van der Waals surface area (Å²) in [5.41, 5.74) is 4.90. The Morgan fingerprint density at radius 2 is 2.15 bits per heavy atom. The van der Waals surface area contributed by atoms with Gasteiger partial charge < -0.3 is 16.2 Å². The van der Waals surface area contributed by atoms with E-state index < -0.39 is 10.9 Å². The number of nitro groups is 1. The van der Waals surface area contributed by atoms with Crippen molar-refractivity contribution >= 4 is 23.3 Å². The van der Waals surface area contributed by atoms with Gasteiger partial charge in [0.05, 0.1) is 11.3 Å². The fourth-order valence-electron chi connectivity index (χ4n) is 1.63. The summed E-state index contributed by atoms with van der Waals surface area (Å²) in [5, 5.41) is 22.5. The lowest BCUT2D eigenvalue weighted by molar-refractivity contribution is -0.384. The minimum atomic E-state index is -0.938. The SMILES string of the molecule is CC(C)(C)C(CC(=O)O)Nc1ccc([N+](=O)[O-])c(N)n1. The Morgan fingerprint density at radius 1 is 1.55 bits per heavy atom. The topological polar surface area (TPSA) is 131 Å². The number of nitrogens with two attached hydrogens (primary N) is 1. The second-order valence-electron chi connectivity index (χ2n) is 5.52. The molecule has 1 aromatic heterocycles. The second kappa shape index (κ2) is 5.72. The van der Waals surface area contributed by atoms with Crippen LogP contribution in [0.5, 0.6) is 0 Å². The van der Waals surface area contributed by atoms with Gasteiger partial charge in [-0.05, 0) is 11.5 Å². The van der Waals surface area contributed by atoms with Gasteiger partial charge in [-0.1, -0.05) is 20.8 Å². The first kappa shape index (κ1) is 15.7. The molecule has 110 valence electrons. The van der Waals surface area contributed by atoms with Crippen LogP contribution in [0.3, 0.4) is 0 Å². The third-order valence-electron chi connectivity index (χ3n) is 2.85. The van der Waals surface area contributed by atoms with Gasteiger partial charge in [0.2, 0.25) is 5.82 Å². The fourth-order valence-corrected chi connectivity index (χ4v) is 1.63. The van der Waals surface area contributed by atoms with Gasteiger partial charge in [-0.15, -0.1) is 0 Å². The largest absolute Gasteiger partial charge is 0.481 e. The molecule has 0 aliphatic rings. The first-order valence-electron chi connectivity index (χ1n) is 6.00. The molecule has 0 spiro atoms. The van der Waals surface area contributed by atoms with Crippen molar-refractivity contribution in [3.05, 3.63) is 22.2 Å². The molecule has 0 saturated carbocycles. The van der Waals surface area contributed by atoms with Crippen LogP contribution in [0, 0.1) is 15.5 Å². The van der Waals surface area contributed by atoms with Crippen LogP contribution in [0.15, 0.2) is 12.1 Å². The van der Waals surface area contributed by atoms with E-state index in [1.807, 2.05) is 20.8 Å². The molecule has 1 rings (SSSR count). The van der Waals surface area contributed by atoms with Crippen molar-refractivity contribution in [1.29, 1.82) is 0 Å². The van der Waals surface area contributed by atoms with Crippen molar-refractivity contribution in [3.63, 3.8) is 0 Å². The molecule has 1 heterocycles. The predicted octanol–water partition coefficient (Wildman–Crippen LogP) is 1.87. The number of carbonyl (C=O) groups is 1. The predicted molar refractivity (Wildman–Crippen MR) is 74.4 cm³/mol. The summed E-state index contributed by atoms with van der Waals surface area (Å²) in [7, 11) is 0. The zero-order valence-corrected chi connectivity index (χ0v) is 11.6. The number of hydrogen-bond donors (Lipinski definition) is 3. The Hall–Kier alpha value is -2.38. The first-order chi connectivity index (χ1) is 9.11. The highest BCUT2D eigenvalue weighted by Crippen LogP contribution is 2.27. The quantitative estimate of drug-likeness (QED) is 0.554. The van der Waals surface area contributed by atoms with Crippen LogP contribution in [-0.4, -0.2) is 27.0 Å². The monoisotopic (exact) mass is 282 g/mol. The summed E-state index contributed by atoms with van der Waals surface area (Å²) >= 11 is 0. The highest BCUT2D eigenvalue weighted by molar-refractivity contribution is 5.68. The Bertz CT molecular complexity index is 525. The molecule has 8 heteroatoms. The van der Waals surface area contributed by atoms with Crippen LogP contribution >= 0.6 is 0 Å². The average molecular weight is 282 g/mol. The van der Waals surface area contributed by atoms with Gasteiger partial charge in [-0.2, -0.15) is 0 Å². The maximum absolute atomic E-state index is 10.9. The van der Waals surface area contributed by atoms with Crippen molar-refractivity contribution < 1.29 is 14.8 Å². The summed E-state index contributed by atoms with van der Waals surface area (Å²) in [4.78, 5) is 24.8. The van der Waals surface area contributed by atoms with Crippen LogP contribution < -0.4 is 11.1 Å². The van der Waals surface area contributed by atoms with E-state index in [0.717, 1.165) is 0 Å². The number of pyridine rings is 1. The molecule has 8 nitrogen and oxygen atoms in total. The Balaban J connectivity index is 2.97. The number of rotatable bonds is 5. The minimum Gasteiger partial charge on any atom is -0.481 e.